The Kier molecular flexibility index (Phi) is 5.08. The monoisotopic (exact) mass is 351 g/mol. The van der Waals surface area contributed by atoms with Gasteiger partial charge in [0.05, 0.1) is 5.02 Å². The van der Waals surface area contributed by atoms with Crippen molar-refractivity contribution in [3.63, 3.8) is 0 Å². The molecule has 1 atom stereocenters. The third-order valence-corrected chi connectivity index (χ3v) is 4.15. The predicted molar refractivity (Wildman–Crippen MR) is 79.8 cm³/mol. The Morgan fingerprint density at radius 3 is 2.50 bits per heavy atom. The number of hydrogen-bond donors (Lipinski definition) is 1. The van der Waals surface area contributed by atoms with Gasteiger partial charge in [-0.05, 0) is 58.5 Å². The average Bonchev–Trinajstić information content (AvgIpc) is 2.17. The quantitative estimate of drug-likeness (QED) is 0.780. The van der Waals surface area contributed by atoms with Gasteiger partial charge in [-0.25, -0.2) is 0 Å². The van der Waals surface area contributed by atoms with E-state index in [4.69, 9.17) is 17.3 Å². The van der Waals surface area contributed by atoms with Crippen molar-refractivity contribution < 1.29 is 0 Å². The summed E-state index contributed by atoms with van der Waals surface area (Å²) in [5.74, 6) is 0. The van der Waals surface area contributed by atoms with Crippen molar-refractivity contribution in [2.75, 3.05) is 0 Å². The highest BCUT2D eigenvalue weighted by atomic mass is 127. The molecular weight excluding hydrogens is 333 g/mol. The van der Waals surface area contributed by atoms with Gasteiger partial charge in [0.2, 0.25) is 0 Å². The summed E-state index contributed by atoms with van der Waals surface area (Å²) in [6, 6.07) is 6.17. The maximum atomic E-state index is 6.16. The number of rotatable bonds is 3. The third-order valence-electron chi connectivity index (χ3n) is 2.58. The van der Waals surface area contributed by atoms with Crippen LogP contribution in [0.15, 0.2) is 18.2 Å². The smallest absolute Gasteiger partial charge is 0.0542 e. The first-order valence-corrected chi connectivity index (χ1v) is 6.96. The van der Waals surface area contributed by atoms with E-state index in [9.17, 15) is 0 Å². The van der Waals surface area contributed by atoms with Crippen LogP contribution in [-0.2, 0) is 0 Å². The van der Waals surface area contributed by atoms with Crippen molar-refractivity contribution in [2.24, 2.45) is 11.1 Å². The lowest BCUT2D eigenvalue weighted by Crippen LogP contribution is -2.14. The Bertz CT molecular complexity index is 357. The maximum absolute atomic E-state index is 6.16. The number of nitrogens with two attached hydrogens (primary N) is 1. The molecule has 90 valence electrons. The van der Waals surface area contributed by atoms with Gasteiger partial charge in [-0.1, -0.05) is 38.4 Å². The minimum atomic E-state index is 0.0914. The second-order valence-electron chi connectivity index (χ2n) is 5.38. The molecular formula is C13H19ClIN. The van der Waals surface area contributed by atoms with Gasteiger partial charge in [0, 0.05) is 9.61 Å². The van der Waals surface area contributed by atoms with Crippen LogP contribution in [0.5, 0.6) is 0 Å². The molecule has 0 aliphatic heterocycles. The maximum Gasteiger partial charge on any atom is 0.0542 e. The molecule has 0 radical (unpaired) electrons. The first-order chi connectivity index (χ1) is 7.29. The molecule has 0 aromatic heterocycles. The van der Waals surface area contributed by atoms with Crippen LogP contribution >= 0.6 is 34.2 Å². The molecule has 1 aromatic rings. The zero-order chi connectivity index (χ0) is 12.3. The zero-order valence-corrected chi connectivity index (χ0v) is 13.0. The summed E-state index contributed by atoms with van der Waals surface area (Å²) >= 11 is 8.31. The van der Waals surface area contributed by atoms with E-state index in [1.54, 1.807) is 0 Å². The minimum absolute atomic E-state index is 0.0914. The second kappa shape index (κ2) is 5.69. The molecule has 0 aliphatic carbocycles. The average molecular weight is 352 g/mol. The fraction of sp³-hybridized carbons (Fsp3) is 0.538. The molecule has 1 rings (SSSR count). The summed E-state index contributed by atoms with van der Waals surface area (Å²) in [4.78, 5) is 0. The van der Waals surface area contributed by atoms with Gasteiger partial charge in [-0.2, -0.15) is 0 Å². The molecule has 0 fully saturated rings. The molecule has 0 aliphatic rings. The molecule has 0 amide bonds. The normalized spacial score (nSPS) is 13.9. The highest BCUT2D eigenvalue weighted by Crippen LogP contribution is 2.28. The Morgan fingerprint density at radius 1 is 1.38 bits per heavy atom. The van der Waals surface area contributed by atoms with Crippen molar-refractivity contribution in [3.05, 3.63) is 32.4 Å². The fourth-order valence-corrected chi connectivity index (χ4v) is 2.02. The van der Waals surface area contributed by atoms with Gasteiger partial charge in [-0.15, -0.1) is 0 Å². The van der Waals surface area contributed by atoms with Crippen molar-refractivity contribution in [1.82, 2.24) is 0 Å². The van der Waals surface area contributed by atoms with E-state index >= 15 is 0 Å². The molecule has 1 unspecified atom stereocenters. The fourth-order valence-electron chi connectivity index (χ4n) is 1.50. The van der Waals surface area contributed by atoms with E-state index < -0.39 is 0 Å². The zero-order valence-electron chi connectivity index (χ0n) is 10.1. The summed E-state index contributed by atoms with van der Waals surface area (Å²) in [5, 5.41) is 0.796. The lowest BCUT2D eigenvalue weighted by atomic mass is 9.87. The van der Waals surface area contributed by atoms with Crippen LogP contribution in [0.4, 0.5) is 0 Å². The predicted octanol–water partition coefficient (Wildman–Crippen LogP) is 4.77. The number of hydrogen-bond acceptors (Lipinski definition) is 1. The Hall–Kier alpha value is 0.200. The first kappa shape index (κ1) is 14.3. The molecule has 0 bridgehead atoms. The van der Waals surface area contributed by atoms with Gasteiger partial charge in [-0.3, -0.25) is 0 Å². The van der Waals surface area contributed by atoms with Crippen LogP contribution in [0.2, 0.25) is 5.02 Å². The molecule has 3 heteroatoms. The standard InChI is InChI=1S/C13H19ClIN/c1-13(2,3)7-6-12(16)9-4-5-11(15)10(14)8-9/h4-5,8,12H,6-7,16H2,1-3H3. The lowest BCUT2D eigenvalue weighted by molar-refractivity contribution is 0.350. The van der Waals surface area contributed by atoms with E-state index in [0.29, 0.717) is 5.41 Å². The van der Waals surface area contributed by atoms with Gasteiger partial charge in [0.1, 0.15) is 0 Å². The third kappa shape index (κ3) is 4.60. The largest absolute Gasteiger partial charge is 0.324 e. The Balaban J connectivity index is 2.66. The van der Waals surface area contributed by atoms with Gasteiger partial charge in [0.25, 0.3) is 0 Å². The molecule has 0 saturated carbocycles. The van der Waals surface area contributed by atoms with E-state index in [1.165, 1.54) is 0 Å². The minimum Gasteiger partial charge on any atom is -0.324 e. The van der Waals surface area contributed by atoms with Crippen LogP contribution in [0.3, 0.4) is 0 Å². The molecule has 1 aromatic carbocycles. The van der Waals surface area contributed by atoms with E-state index in [-0.39, 0.29) is 6.04 Å². The SMILES string of the molecule is CC(C)(C)CCC(N)c1ccc(I)c(Cl)c1. The van der Waals surface area contributed by atoms with Crippen molar-refractivity contribution in [2.45, 2.75) is 39.7 Å². The summed E-state index contributed by atoms with van der Waals surface area (Å²) < 4.78 is 1.08. The molecule has 0 saturated heterocycles. The first-order valence-electron chi connectivity index (χ1n) is 5.50. The highest BCUT2D eigenvalue weighted by molar-refractivity contribution is 14.1. The van der Waals surface area contributed by atoms with E-state index in [0.717, 1.165) is 27.0 Å². The summed E-state index contributed by atoms with van der Waals surface area (Å²) in [6.45, 7) is 6.71. The Labute approximate surface area is 117 Å². The van der Waals surface area contributed by atoms with Crippen molar-refractivity contribution in [1.29, 1.82) is 0 Å². The van der Waals surface area contributed by atoms with Gasteiger partial charge >= 0.3 is 0 Å². The van der Waals surface area contributed by atoms with Crippen LogP contribution in [0.25, 0.3) is 0 Å². The van der Waals surface area contributed by atoms with Gasteiger partial charge in [0.15, 0.2) is 0 Å². The van der Waals surface area contributed by atoms with Crippen LogP contribution < -0.4 is 5.73 Å². The van der Waals surface area contributed by atoms with Crippen LogP contribution in [0.1, 0.15) is 45.2 Å². The lowest BCUT2D eigenvalue weighted by Gasteiger charge is -2.21. The summed E-state index contributed by atoms with van der Waals surface area (Å²) in [6.07, 6.45) is 2.12. The molecule has 16 heavy (non-hydrogen) atoms. The topological polar surface area (TPSA) is 26.0 Å². The number of benzene rings is 1. The number of halogens is 2. The molecule has 1 nitrogen and oxygen atoms in total. The van der Waals surface area contributed by atoms with E-state index in [2.05, 4.69) is 49.4 Å². The van der Waals surface area contributed by atoms with Crippen LogP contribution in [-0.4, -0.2) is 0 Å². The molecule has 0 heterocycles. The highest BCUT2D eigenvalue weighted by Gasteiger charge is 2.14. The molecule has 0 spiro atoms. The second-order valence-corrected chi connectivity index (χ2v) is 6.95. The van der Waals surface area contributed by atoms with Crippen LogP contribution in [0, 0.1) is 8.99 Å². The van der Waals surface area contributed by atoms with Crippen molar-refractivity contribution >= 4 is 34.2 Å². The Morgan fingerprint density at radius 2 is 2.00 bits per heavy atom. The van der Waals surface area contributed by atoms with Gasteiger partial charge < -0.3 is 5.73 Å². The summed E-state index contributed by atoms with van der Waals surface area (Å²) in [5.41, 5.74) is 7.63. The van der Waals surface area contributed by atoms with E-state index in [1.807, 2.05) is 12.1 Å². The molecule has 2 N–H and O–H groups in total. The van der Waals surface area contributed by atoms with Crippen molar-refractivity contribution in [3.8, 4) is 0 Å². The summed E-state index contributed by atoms with van der Waals surface area (Å²) in [7, 11) is 0.